The van der Waals surface area contributed by atoms with Gasteiger partial charge in [-0.1, -0.05) is 0 Å². The third-order valence-corrected chi connectivity index (χ3v) is 3.23. The summed E-state index contributed by atoms with van der Waals surface area (Å²) in [5.74, 6) is 0.717. The van der Waals surface area contributed by atoms with E-state index in [0.29, 0.717) is 13.0 Å². The van der Waals surface area contributed by atoms with Crippen molar-refractivity contribution in [3.05, 3.63) is 12.2 Å². The summed E-state index contributed by atoms with van der Waals surface area (Å²) in [5, 5.41) is 13.9. The number of nitrogens with zero attached hydrogens (tertiary/aromatic N) is 3. The lowest BCUT2D eigenvalue weighted by Crippen LogP contribution is -2.41. The fourth-order valence-electron chi connectivity index (χ4n) is 2.15. The zero-order valence-corrected chi connectivity index (χ0v) is 10.9. The van der Waals surface area contributed by atoms with Crippen molar-refractivity contribution >= 4 is 5.91 Å². The van der Waals surface area contributed by atoms with Crippen molar-refractivity contribution in [2.24, 2.45) is 7.05 Å². The number of carbonyl (C=O) groups excluding carboxylic acids is 1. The smallest absolute Gasteiger partial charge is 0.237 e. The summed E-state index contributed by atoms with van der Waals surface area (Å²) in [6, 6.07) is -0.348. The lowest BCUT2D eigenvalue weighted by molar-refractivity contribution is -0.123. The van der Waals surface area contributed by atoms with Crippen LogP contribution in [0, 0.1) is 0 Å². The van der Waals surface area contributed by atoms with Crippen LogP contribution in [0.1, 0.15) is 25.2 Å². The summed E-state index contributed by atoms with van der Waals surface area (Å²) < 4.78 is 7.02. The Hall–Kier alpha value is -1.47. The number of carbonyl (C=O) groups is 1. The second-order valence-electron chi connectivity index (χ2n) is 4.58. The summed E-state index contributed by atoms with van der Waals surface area (Å²) in [6.07, 6.45) is 2.44. The van der Waals surface area contributed by atoms with E-state index < -0.39 is 0 Å². The standard InChI is InChI=1S/C11H19N5O2/c1-7(10-15-13-6-16(10)2)14-11(17)9-4-8(18-3)5-12-9/h6-9,12H,4-5H2,1-3H3,(H,14,17). The molecule has 1 aliphatic rings. The third-order valence-electron chi connectivity index (χ3n) is 3.23. The Bertz CT molecular complexity index is 419. The molecule has 1 aromatic rings. The highest BCUT2D eigenvalue weighted by molar-refractivity contribution is 5.82. The lowest BCUT2D eigenvalue weighted by Gasteiger charge is -2.16. The van der Waals surface area contributed by atoms with Gasteiger partial charge in [0.05, 0.1) is 18.2 Å². The van der Waals surface area contributed by atoms with Crippen LogP contribution in [-0.2, 0) is 16.6 Å². The molecule has 2 heterocycles. The first-order valence-electron chi connectivity index (χ1n) is 6.02. The van der Waals surface area contributed by atoms with Crippen molar-refractivity contribution in [3.63, 3.8) is 0 Å². The van der Waals surface area contributed by atoms with Gasteiger partial charge in [0.15, 0.2) is 5.82 Å². The Kier molecular flexibility index (Phi) is 3.93. The zero-order valence-electron chi connectivity index (χ0n) is 10.9. The normalized spacial score (nSPS) is 25.1. The number of aryl methyl sites for hydroxylation is 1. The van der Waals surface area contributed by atoms with Crippen molar-refractivity contribution < 1.29 is 9.53 Å². The molecule has 0 saturated carbocycles. The minimum Gasteiger partial charge on any atom is -0.380 e. The average Bonchev–Trinajstić information content (AvgIpc) is 2.96. The molecule has 100 valence electrons. The molecule has 3 unspecified atom stereocenters. The molecule has 2 rings (SSSR count). The molecule has 2 N–H and O–H groups in total. The minimum absolute atomic E-state index is 0.0231. The van der Waals surface area contributed by atoms with Crippen LogP contribution in [0.15, 0.2) is 6.33 Å². The Morgan fingerprint density at radius 2 is 2.50 bits per heavy atom. The summed E-state index contributed by atoms with van der Waals surface area (Å²) in [4.78, 5) is 12.0. The molecular formula is C11H19N5O2. The van der Waals surface area contributed by atoms with Crippen LogP contribution in [0.2, 0.25) is 0 Å². The van der Waals surface area contributed by atoms with Gasteiger partial charge >= 0.3 is 0 Å². The first-order chi connectivity index (χ1) is 8.61. The highest BCUT2D eigenvalue weighted by atomic mass is 16.5. The van der Waals surface area contributed by atoms with Gasteiger partial charge in [-0.2, -0.15) is 0 Å². The van der Waals surface area contributed by atoms with Gasteiger partial charge < -0.3 is 19.9 Å². The molecule has 1 saturated heterocycles. The van der Waals surface area contributed by atoms with Crippen LogP contribution in [0.25, 0.3) is 0 Å². The predicted molar refractivity (Wildman–Crippen MR) is 64.8 cm³/mol. The van der Waals surface area contributed by atoms with Gasteiger partial charge in [0.2, 0.25) is 5.91 Å². The molecule has 0 aliphatic carbocycles. The van der Waals surface area contributed by atoms with Crippen LogP contribution in [0.5, 0.6) is 0 Å². The molecule has 0 spiro atoms. The van der Waals surface area contributed by atoms with Crippen molar-refractivity contribution in [2.75, 3.05) is 13.7 Å². The van der Waals surface area contributed by atoms with Gasteiger partial charge in [-0.15, -0.1) is 10.2 Å². The number of hydrogen-bond acceptors (Lipinski definition) is 5. The minimum atomic E-state index is -0.189. The molecule has 1 fully saturated rings. The van der Waals surface area contributed by atoms with E-state index in [0.717, 1.165) is 5.82 Å². The summed E-state index contributed by atoms with van der Waals surface area (Å²) in [6.45, 7) is 2.61. The maximum Gasteiger partial charge on any atom is 0.237 e. The number of amides is 1. The molecule has 18 heavy (non-hydrogen) atoms. The topological polar surface area (TPSA) is 81.1 Å². The maximum absolute atomic E-state index is 12.0. The maximum atomic E-state index is 12.0. The number of nitrogens with one attached hydrogen (secondary N) is 2. The van der Waals surface area contributed by atoms with Gasteiger partial charge in [0.25, 0.3) is 0 Å². The second kappa shape index (κ2) is 5.45. The zero-order chi connectivity index (χ0) is 13.1. The van der Waals surface area contributed by atoms with E-state index in [1.54, 1.807) is 18.0 Å². The van der Waals surface area contributed by atoms with E-state index >= 15 is 0 Å². The summed E-state index contributed by atoms with van der Waals surface area (Å²) >= 11 is 0. The fourth-order valence-corrected chi connectivity index (χ4v) is 2.15. The van der Waals surface area contributed by atoms with Crippen LogP contribution >= 0.6 is 0 Å². The number of ether oxygens (including phenoxy) is 1. The summed E-state index contributed by atoms with van der Waals surface area (Å²) in [7, 11) is 3.52. The quantitative estimate of drug-likeness (QED) is 0.746. The highest BCUT2D eigenvalue weighted by Gasteiger charge is 2.30. The van der Waals surface area contributed by atoms with Crippen molar-refractivity contribution in [2.45, 2.75) is 31.5 Å². The lowest BCUT2D eigenvalue weighted by atomic mass is 10.2. The molecule has 3 atom stereocenters. The Balaban J connectivity index is 1.90. The molecule has 0 aromatic carbocycles. The van der Waals surface area contributed by atoms with Crippen molar-refractivity contribution in [3.8, 4) is 0 Å². The summed E-state index contributed by atoms with van der Waals surface area (Å²) in [5.41, 5.74) is 0. The molecule has 0 radical (unpaired) electrons. The van der Waals surface area contributed by atoms with E-state index in [-0.39, 0.29) is 24.1 Å². The van der Waals surface area contributed by atoms with Crippen LogP contribution in [0.4, 0.5) is 0 Å². The van der Waals surface area contributed by atoms with Gasteiger partial charge in [0.1, 0.15) is 6.33 Å². The van der Waals surface area contributed by atoms with Gasteiger partial charge in [-0.3, -0.25) is 4.79 Å². The van der Waals surface area contributed by atoms with E-state index in [1.807, 2.05) is 14.0 Å². The largest absolute Gasteiger partial charge is 0.380 e. The second-order valence-corrected chi connectivity index (χ2v) is 4.58. The van der Waals surface area contributed by atoms with E-state index in [4.69, 9.17) is 4.74 Å². The molecule has 7 heteroatoms. The monoisotopic (exact) mass is 253 g/mol. The molecule has 1 aliphatic heterocycles. The SMILES string of the molecule is COC1CNC(C(=O)NC(C)c2nncn2C)C1. The highest BCUT2D eigenvalue weighted by Crippen LogP contribution is 2.12. The number of aromatic nitrogens is 3. The van der Waals surface area contributed by atoms with Crippen LogP contribution in [-0.4, -0.2) is 46.5 Å². The molecule has 0 bridgehead atoms. The van der Waals surface area contributed by atoms with Crippen molar-refractivity contribution in [1.29, 1.82) is 0 Å². The number of methoxy groups -OCH3 is 1. The molecule has 7 nitrogen and oxygen atoms in total. The molecule has 1 amide bonds. The van der Waals surface area contributed by atoms with Gasteiger partial charge in [-0.05, 0) is 13.3 Å². The Labute approximate surface area is 106 Å². The van der Waals surface area contributed by atoms with Crippen molar-refractivity contribution in [1.82, 2.24) is 25.4 Å². The van der Waals surface area contributed by atoms with Crippen LogP contribution in [0.3, 0.4) is 0 Å². The third kappa shape index (κ3) is 2.68. The first-order valence-corrected chi connectivity index (χ1v) is 6.02. The van der Waals surface area contributed by atoms with E-state index in [1.165, 1.54) is 0 Å². The van der Waals surface area contributed by atoms with E-state index in [9.17, 15) is 4.79 Å². The predicted octanol–water partition coefficient (Wildman–Crippen LogP) is -0.631. The Morgan fingerprint density at radius 1 is 1.72 bits per heavy atom. The fraction of sp³-hybridized carbons (Fsp3) is 0.727. The van der Waals surface area contributed by atoms with Gasteiger partial charge in [0, 0.05) is 20.7 Å². The number of rotatable bonds is 4. The molecule has 1 aromatic heterocycles. The van der Waals surface area contributed by atoms with Gasteiger partial charge in [-0.25, -0.2) is 0 Å². The van der Waals surface area contributed by atoms with E-state index in [2.05, 4.69) is 20.8 Å². The average molecular weight is 253 g/mol. The molecular weight excluding hydrogens is 234 g/mol. The van der Waals surface area contributed by atoms with Crippen LogP contribution < -0.4 is 10.6 Å². The Morgan fingerprint density at radius 3 is 3.06 bits per heavy atom. The first kappa shape index (κ1) is 13.0. The number of hydrogen-bond donors (Lipinski definition) is 2.